The van der Waals surface area contributed by atoms with Gasteiger partial charge in [-0.15, -0.1) is 0 Å². The summed E-state index contributed by atoms with van der Waals surface area (Å²) < 4.78 is 7.63. The molecule has 1 aliphatic carbocycles. The van der Waals surface area contributed by atoms with Gasteiger partial charge in [-0.25, -0.2) is 9.78 Å². The number of carbonyl (C=O) groups excluding carboxylic acids is 1. The molecule has 0 spiro atoms. The summed E-state index contributed by atoms with van der Waals surface area (Å²) in [6, 6.07) is 6.11. The Balaban J connectivity index is 1.59. The third-order valence-electron chi connectivity index (χ3n) is 4.97. The molecular formula is C21H23N3O2. The Kier molecular flexibility index (Phi) is 4.69. The molecule has 0 N–H and O–H groups in total. The highest BCUT2D eigenvalue weighted by Crippen LogP contribution is 2.30. The fourth-order valence-electron chi connectivity index (χ4n) is 3.67. The number of carbonyl (C=O) groups is 1. The summed E-state index contributed by atoms with van der Waals surface area (Å²) >= 11 is 0. The number of aromatic nitrogens is 3. The Morgan fingerprint density at radius 2 is 2.15 bits per heavy atom. The van der Waals surface area contributed by atoms with Crippen LogP contribution in [0.4, 0.5) is 0 Å². The van der Waals surface area contributed by atoms with E-state index in [2.05, 4.69) is 11.1 Å². The van der Waals surface area contributed by atoms with E-state index < -0.39 is 0 Å². The summed E-state index contributed by atoms with van der Waals surface area (Å²) in [4.78, 5) is 21.8. The van der Waals surface area contributed by atoms with Crippen LogP contribution in [0.25, 0.3) is 10.9 Å². The van der Waals surface area contributed by atoms with Gasteiger partial charge < -0.3 is 9.30 Å². The van der Waals surface area contributed by atoms with Crippen molar-refractivity contribution in [3.63, 3.8) is 0 Å². The molecule has 5 nitrogen and oxygen atoms in total. The SMILES string of the molecule is Cc1ccc2nc3c(c(C(=O)OCCCn4ccnc4)c2c1)CCCC3. The quantitative estimate of drug-likeness (QED) is 0.518. The standard InChI is InChI=1S/C21H23N3O2/c1-15-7-8-19-17(13-15)20(16-5-2-3-6-18(16)23-19)21(25)26-12-4-10-24-11-9-22-14-24/h7-9,11,13-14H,2-6,10,12H2,1H3. The van der Waals surface area contributed by atoms with Crippen molar-refractivity contribution in [3.05, 3.63) is 59.3 Å². The Morgan fingerprint density at radius 3 is 3.00 bits per heavy atom. The van der Waals surface area contributed by atoms with Crippen LogP contribution in [0.5, 0.6) is 0 Å². The van der Waals surface area contributed by atoms with Gasteiger partial charge in [0.2, 0.25) is 0 Å². The van der Waals surface area contributed by atoms with E-state index in [0.29, 0.717) is 6.61 Å². The number of ether oxygens (including phenoxy) is 1. The average molecular weight is 349 g/mol. The zero-order valence-electron chi connectivity index (χ0n) is 15.1. The van der Waals surface area contributed by atoms with Crippen LogP contribution in [-0.4, -0.2) is 27.1 Å². The van der Waals surface area contributed by atoms with Crippen LogP contribution in [0, 0.1) is 6.92 Å². The van der Waals surface area contributed by atoms with Crippen molar-refractivity contribution in [2.24, 2.45) is 0 Å². The summed E-state index contributed by atoms with van der Waals surface area (Å²) in [6.45, 7) is 3.24. The van der Waals surface area contributed by atoms with Gasteiger partial charge in [-0.1, -0.05) is 11.6 Å². The lowest BCUT2D eigenvalue weighted by atomic mass is 9.89. The summed E-state index contributed by atoms with van der Waals surface area (Å²) in [7, 11) is 0. The van der Waals surface area contributed by atoms with Crippen molar-refractivity contribution < 1.29 is 9.53 Å². The van der Waals surface area contributed by atoms with Crippen molar-refractivity contribution >= 4 is 16.9 Å². The number of rotatable bonds is 5. The molecule has 0 unspecified atom stereocenters. The van der Waals surface area contributed by atoms with E-state index in [9.17, 15) is 4.79 Å². The summed E-state index contributed by atoms with van der Waals surface area (Å²) in [5.41, 5.74) is 4.91. The molecule has 0 amide bonds. The van der Waals surface area contributed by atoms with Crippen LogP contribution < -0.4 is 0 Å². The lowest BCUT2D eigenvalue weighted by Crippen LogP contribution is -2.16. The second-order valence-corrected chi connectivity index (χ2v) is 6.93. The smallest absolute Gasteiger partial charge is 0.339 e. The molecule has 5 heteroatoms. The van der Waals surface area contributed by atoms with Gasteiger partial charge in [0.05, 0.1) is 24.0 Å². The predicted octanol–water partition coefficient (Wildman–Crippen LogP) is 3.87. The number of benzene rings is 1. The van der Waals surface area contributed by atoms with E-state index in [4.69, 9.17) is 9.72 Å². The third kappa shape index (κ3) is 3.34. The van der Waals surface area contributed by atoms with E-state index in [1.165, 1.54) is 0 Å². The van der Waals surface area contributed by atoms with Crippen LogP contribution in [0.15, 0.2) is 36.9 Å². The van der Waals surface area contributed by atoms with Gasteiger partial charge in [-0.3, -0.25) is 4.98 Å². The third-order valence-corrected chi connectivity index (χ3v) is 4.97. The molecule has 1 aromatic carbocycles. The number of fused-ring (bicyclic) bond motifs is 2. The number of nitrogens with zero attached hydrogens (tertiary/aromatic N) is 3. The largest absolute Gasteiger partial charge is 0.462 e. The fourth-order valence-corrected chi connectivity index (χ4v) is 3.67. The maximum Gasteiger partial charge on any atom is 0.339 e. The summed E-state index contributed by atoms with van der Waals surface area (Å²) in [5.74, 6) is -0.216. The van der Waals surface area contributed by atoms with Crippen molar-refractivity contribution in [3.8, 4) is 0 Å². The van der Waals surface area contributed by atoms with Crippen LogP contribution >= 0.6 is 0 Å². The molecule has 3 aromatic rings. The van der Waals surface area contributed by atoms with Gasteiger partial charge in [-0.2, -0.15) is 0 Å². The van der Waals surface area contributed by atoms with Crippen LogP contribution in [0.1, 0.15) is 46.4 Å². The van der Waals surface area contributed by atoms with Gasteiger partial charge in [0, 0.05) is 30.0 Å². The monoisotopic (exact) mass is 349 g/mol. The van der Waals surface area contributed by atoms with Crippen molar-refractivity contribution in [1.29, 1.82) is 0 Å². The van der Waals surface area contributed by atoms with E-state index in [0.717, 1.165) is 71.9 Å². The first-order valence-electron chi connectivity index (χ1n) is 9.27. The number of imidazole rings is 1. The second-order valence-electron chi connectivity index (χ2n) is 6.93. The molecule has 1 aliphatic rings. The molecule has 2 aromatic heterocycles. The lowest BCUT2D eigenvalue weighted by molar-refractivity contribution is 0.0496. The zero-order chi connectivity index (χ0) is 17.9. The molecular weight excluding hydrogens is 326 g/mol. The van der Waals surface area contributed by atoms with Gasteiger partial charge in [-0.05, 0) is 56.7 Å². The minimum atomic E-state index is -0.216. The van der Waals surface area contributed by atoms with Gasteiger partial charge in [0.25, 0.3) is 0 Å². The number of esters is 1. The van der Waals surface area contributed by atoms with E-state index >= 15 is 0 Å². The van der Waals surface area contributed by atoms with E-state index in [1.807, 2.05) is 29.8 Å². The molecule has 134 valence electrons. The van der Waals surface area contributed by atoms with Crippen LogP contribution in [0.2, 0.25) is 0 Å². The highest BCUT2D eigenvalue weighted by atomic mass is 16.5. The Bertz CT molecular complexity index is 932. The number of hydrogen-bond donors (Lipinski definition) is 0. The second kappa shape index (κ2) is 7.28. The molecule has 0 radical (unpaired) electrons. The highest BCUT2D eigenvalue weighted by molar-refractivity contribution is 6.05. The zero-order valence-corrected chi connectivity index (χ0v) is 15.1. The van der Waals surface area contributed by atoms with Crippen LogP contribution in [-0.2, 0) is 24.1 Å². The van der Waals surface area contributed by atoms with Gasteiger partial charge in [0.15, 0.2) is 0 Å². The average Bonchev–Trinajstić information content (AvgIpc) is 3.16. The highest BCUT2D eigenvalue weighted by Gasteiger charge is 2.23. The maximum atomic E-state index is 12.9. The topological polar surface area (TPSA) is 57.0 Å². The molecule has 0 aliphatic heterocycles. The van der Waals surface area contributed by atoms with Crippen molar-refractivity contribution in [2.45, 2.75) is 45.6 Å². The van der Waals surface area contributed by atoms with Gasteiger partial charge in [0.1, 0.15) is 0 Å². The van der Waals surface area contributed by atoms with E-state index in [1.54, 1.807) is 12.5 Å². The van der Waals surface area contributed by atoms with Crippen molar-refractivity contribution in [2.75, 3.05) is 6.61 Å². The fraction of sp³-hybridized carbons (Fsp3) is 0.381. The molecule has 0 fully saturated rings. The first-order chi connectivity index (χ1) is 12.7. The Hall–Kier alpha value is -2.69. The molecule has 26 heavy (non-hydrogen) atoms. The summed E-state index contributed by atoms with van der Waals surface area (Å²) in [6.07, 6.45) is 10.3. The first-order valence-corrected chi connectivity index (χ1v) is 9.27. The predicted molar refractivity (Wildman–Crippen MR) is 100 cm³/mol. The number of hydrogen-bond acceptors (Lipinski definition) is 4. The summed E-state index contributed by atoms with van der Waals surface area (Å²) in [5, 5.41) is 0.922. The molecule has 0 atom stereocenters. The maximum absolute atomic E-state index is 12.9. The lowest BCUT2D eigenvalue weighted by Gasteiger charge is -2.20. The number of pyridine rings is 1. The minimum Gasteiger partial charge on any atom is -0.462 e. The molecule has 2 heterocycles. The van der Waals surface area contributed by atoms with Gasteiger partial charge >= 0.3 is 5.97 Å². The minimum absolute atomic E-state index is 0.216. The molecule has 0 saturated heterocycles. The number of aryl methyl sites for hydroxylation is 3. The Labute approximate surface area is 153 Å². The molecule has 4 rings (SSSR count). The molecule has 0 bridgehead atoms. The van der Waals surface area contributed by atoms with Crippen LogP contribution in [0.3, 0.4) is 0 Å². The van der Waals surface area contributed by atoms with E-state index in [-0.39, 0.29) is 5.97 Å². The first kappa shape index (κ1) is 16.8. The molecule has 0 saturated carbocycles. The Morgan fingerprint density at radius 1 is 1.27 bits per heavy atom. The van der Waals surface area contributed by atoms with Crippen molar-refractivity contribution in [1.82, 2.24) is 14.5 Å². The normalized spacial score (nSPS) is 13.6.